The summed E-state index contributed by atoms with van der Waals surface area (Å²) in [6.45, 7) is 11.7. The fourth-order valence-electron chi connectivity index (χ4n) is 4.48. The van der Waals surface area contributed by atoms with E-state index in [2.05, 4.69) is 20.8 Å². The van der Waals surface area contributed by atoms with Crippen LogP contribution in [0.3, 0.4) is 0 Å². The summed E-state index contributed by atoms with van der Waals surface area (Å²) < 4.78 is 19.7. The second-order valence-electron chi connectivity index (χ2n) is 10.7. The molecule has 0 aliphatic carbocycles. The van der Waals surface area contributed by atoms with Crippen LogP contribution in [0, 0.1) is 12.7 Å². The Bertz CT molecular complexity index is 1370. The lowest BCUT2D eigenvalue weighted by atomic mass is 9.87. The zero-order valence-corrected chi connectivity index (χ0v) is 22.0. The van der Waals surface area contributed by atoms with Gasteiger partial charge in [0.15, 0.2) is 0 Å². The predicted molar refractivity (Wildman–Crippen MR) is 143 cm³/mol. The van der Waals surface area contributed by atoms with Gasteiger partial charge < -0.3 is 9.84 Å². The van der Waals surface area contributed by atoms with Crippen LogP contribution in [0.4, 0.5) is 10.1 Å². The van der Waals surface area contributed by atoms with E-state index in [1.807, 2.05) is 38.1 Å². The largest absolute Gasteiger partial charge is 0.507 e. The van der Waals surface area contributed by atoms with E-state index in [1.54, 1.807) is 31.2 Å². The molecule has 4 rings (SSSR count). The van der Waals surface area contributed by atoms with Gasteiger partial charge in [-0.05, 0) is 85.3 Å². The first-order chi connectivity index (χ1) is 17.4. The zero-order valence-electron chi connectivity index (χ0n) is 22.0. The molecule has 192 valence electrons. The van der Waals surface area contributed by atoms with Crippen molar-refractivity contribution in [2.24, 2.45) is 0 Å². The molecule has 1 fully saturated rings. The van der Waals surface area contributed by atoms with Gasteiger partial charge in [-0.15, -0.1) is 0 Å². The van der Waals surface area contributed by atoms with Crippen molar-refractivity contribution in [1.29, 1.82) is 0 Å². The maximum absolute atomic E-state index is 13.9. The number of nitrogens with zero attached hydrogens (tertiary/aromatic N) is 1. The lowest BCUT2D eigenvalue weighted by Gasteiger charge is -2.27. The number of benzene rings is 3. The highest BCUT2D eigenvalue weighted by atomic mass is 19.1. The number of halogens is 1. The zero-order chi connectivity index (χ0) is 27.1. The molecule has 0 saturated carbocycles. The highest BCUT2D eigenvalue weighted by molar-refractivity contribution is 6.51. The molecule has 37 heavy (non-hydrogen) atoms. The fourth-order valence-corrected chi connectivity index (χ4v) is 4.48. The molecule has 0 spiro atoms. The van der Waals surface area contributed by atoms with Crippen LogP contribution in [-0.2, 0) is 15.0 Å². The lowest BCUT2D eigenvalue weighted by molar-refractivity contribution is -0.132. The molecule has 1 aliphatic heterocycles. The van der Waals surface area contributed by atoms with Gasteiger partial charge in [0.05, 0.1) is 17.7 Å². The van der Waals surface area contributed by atoms with Gasteiger partial charge in [-0.2, -0.15) is 0 Å². The van der Waals surface area contributed by atoms with Crippen molar-refractivity contribution in [2.45, 2.75) is 59.1 Å². The molecule has 1 heterocycles. The highest BCUT2D eigenvalue weighted by Gasteiger charge is 2.47. The molecule has 1 unspecified atom stereocenters. The summed E-state index contributed by atoms with van der Waals surface area (Å²) in [4.78, 5) is 28.2. The van der Waals surface area contributed by atoms with E-state index in [-0.39, 0.29) is 28.4 Å². The molecular weight excluding hydrogens is 469 g/mol. The molecule has 5 nitrogen and oxygen atoms in total. The van der Waals surface area contributed by atoms with Crippen molar-refractivity contribution < 1.29 is 23.8 Å². The average molecular weight is 502 g/mol. The number of hydrogen-bond donors (Lipinski definition) is 1. The van der Waals surface area contributed by atoms with Crippen molar-refractivity contribution in [3.63, 3.8) is 0 Å². The number of ketones is 1. The van der Waals surface area contributed by atoms with Crippen LogP contribution in [0.1, 0.15) is 62.9 Å². The third-order valence-electron chi connectivity index (χ3n) is 6.45. The summed E-state index contributed by atoms with van der Waals surface area (Å²) in [6.07, 6.45) is -0.0143. The smallest absolute Gasteiger partial charge is 0.300 e. The van der Waals surface area contributed by atoms with Gasteiger partial charge in [-0.3, -0.25) is 14.5 Å². The van der Waals surface area contributed by atoms with Gasteiger partial charge in [0.25, 0.3) is 11.7 Å². The summed E-state index contributed by atoms with van der Waals surface area (Å²) >= 11 is 0. The normalized spacial score (nSPS) is 17.5. The molecule has 6 heteroatoms. The Kier molecular flexibility index (Phi) is 6.96. The monoisotopic (exact) mass is 501 g/mol. The SMILES string of the molecule is Cc1cc(/C(O)=C2/C(=O)C(=O)N(c3ccc(C(C)(C)C)cc3)C2c2ccc(OC(C)C)cc2)ccc1F. The van der Waals surface area contributed by atoms with Crippen molar-refractivity contribution >= 4 is 23.1 Å². The van der Waals surface area contributed by atoms with Gasteiger partial charge in [0.2, 0.25) is 0 Å². The molecular formula is C31H32FNO4. The number of rotatable bonds is 5. The van der Waals surface area contributed by atoms with Crippen molar-refractivity contribution in [3.8, 4) is 5.75 Å². The maximum atomic E-state index is 13.9. The van der Waals surface area contributed by atoms with Crippen LogP contribution in [0.5, 0.6) is 5.75 Å². The Morgan fingerprint density at radius 3 is 2.14 bits per heavy atom. The number of anilines is 1. The number of aliphatic hydroxyl groups excluding tert-OH is 1. The number of carbonyl (C=O) groups is 2. The molecule has 1 saturated heterocycles. The van der Waals surface area contributed by atoms with Crippen LogP contribution in [0.15, 0.2) is 72.3 Å². The van der Waals surface area contributed by atoms with Gasteiger partial charge in [-0.25, -0.2) is 4.39 Å². The van der Waals surface area contributed by atoms with E-state index in [4.69, 9.17) is 4.74 Å². The first-order valence-corrected chi connectivity index (χ1v) is 12.3. The third-order valence-corrected chi connectivity index (χ3v) is 6.45. The van der Waals surface area contributed by atoms with Gasteiger partial charge >= 0.3 is 0 Å². The first-order valence-electron chi connectivity index (χ1n) is 12.3. The van der Waals surface area contributed by atoms with Gasteiger partial charge in [0.1, 0.15) is 17.3 Å². The van der Waals surface area contributed by atoms with Crippen molar-refractivity contribution in [1.82, 2.24) is 0 Å². The number of aryl methyl sites for hydroxylation is 1. The molecule has 1 amide bonds. The molecule has 3 aromatic rings. The minimum absolute atomic E-state index is 0.0143. The highest BCUT2D eigenvalue weighted by Crippen LogP contribution is 2.43. The van der Waals surface area contributed by atoms with E-state index < -0.39 is 23.5 Å². The van der Waals surface area contributed by atoms with E-state index in [0.717, 1.165) is 5.56 Å². The number of aliphatic hydroxyl groups is 1. The van der Waals surface area contributed by atoms with Crippen molar-refractivity contribution in [3.05, 3.63) is 100 Å². The summed E-state index contributed by atoms with van der Waals surface area (Å²) in [6, 6.07) is 17.9. The molecule has 1 N–H and O–H groups in total. The molecule has 0 aromatic heterocycles. The van der Waals surface area contributed by atoms with E-state index >= 15 is 0 Å². The Labute approximate surface area is 217 Å². The topological polar surface area (TPSA) is 66.8 Å². The Morgan fingerprint density at radius 1 is 0.973 bits per heavy atom. The number of carbonyl (C=O) groups excluding carboxylic acids is 2. The summed E-state index contributed by atoms with van der Waals surface area (Å²) in [7, 11) is 0. The number of hydrogen-bond acceptors (Lipinski definition) is 4. The summed E-state index contributed by atoms with van der Waals surface area (Å²) in [5.74, 6) is -1.65. The van der Waals surface area contributed by atoms with Crippen LogP contribution in [0.2, 0.25) is 0 Å². The third kappa shape index (κ3) is 5.15. The van der Waals surface area contributed by atoms with E-state index in [0.29, 0.717) is 22.6 Å². The molecule has 1 atom stereocenters. The van der Waals surface area contributed by atoms with E-state index in [1.165, 1.54) is 23.1 Å². The lowest BCUT2D eigenvalue weighted by Crippen LogP contribution is -2.29. The molecule has 1 aliphatic rings. The van der Waals surface area contributed by atoms with Crippen LogP contribution in [-0.4, -0.2) is 22.9 Å². The van der Waals surface area contributed by atoms with E-state index in [9.17, 15) is 19.1 Å². The minimum atomic E-state index is -0.876. The first kappa shape index (κ1) is 26.1. The molecule has 0 radical (unpaired) electrons. The summed E-state index contributed by atoms with van der Waals surface area (Å²) in [5, 5.41) is 11.3. The van der Waals surface area contributed by atoms with Crippen LogP contribution < -0.4 is 9.64 Å². The number of Topliss-reactive ketones (excluding diaryl/α,β-unsaturated/α-hetero) is 1. The predicted octanol–water partition coefficient (Wildman–Crippen LogP) is 6.85. The Morgan fingerprint density at radius 2 is 1.59 bits per heavy atom. The van der Waals surface area contributed by atoms with Crippen LogP contribution in [0.25, 0.3) is 5.76 Å². The number of ether oxygens (including phenoxy) is 1. The molecule has 3 aromatic carbocycles. The van der Waals surface area contributed by atoms with Crippen LogP contribution >= 0.6 is 0 Å². The van der Waals surface area contributed by atoms with Gasteiger partial charge in [0, 0.05) is 11.3 Å². The minimum Gasteiger partial charge on any atom is -0.507 e. The van der Waals surface area contributed by atoms with Gasteiger partial charge in [-0.1, -0.05) is 45.0 Å². The molecule has 0 bridgehead atoms. The quantitative estimate of drug-likeness (QED) is 0.236. The summed E-state index contributed by atoms with van der Waals surface area (Å²) in [5.41, 5.74) is 2.72. The van der Waals surface area contributed by atoms with Crippen molar-refractivity contribution in [2.75, 3.05) is 4.90 Å². The maximum Gasteiger partial charge on any atom is 0.300 e. The second-order valence-corrected chi connectivity index (χ2v) is 10.7. The second kappa shape index (κ2) is 9.85. The average Bonchev–Trinajstić information content (AvgIpc) is 3.10. The Balaban J connectivity index is 1.88. The fraction of sp³-hybridized carbons (Fsp3) is 0.290. The standard InChI is InChI=1S/C31H32FNO4/c1-18(2)37-24-14-7-20(8-15-24)27-26(28(34)21-9-16-25(32)19(3)17-21)29(35)30(36)33(27)23-12-10-22(11-13-23)31(4,5)6/h7-18,27,34H,1-6H3/b28-26-. The Hall–Kier alpha value is -3.93. The number of amides is 1.